The summed E-state index contributed by atoms with van der Waals surface area (Å²) in [5.74, 6) is -0.502. The van der Waals surface area contributed by atoms with Crippen LogP contribution in [0.3, 0.4) is 0 Å². The zero-order valence-corrected chi connectivity index (χ0v) is 16.1. The van der Waals surface area contributed by atoms with Crippen molar-refractivity contribution in [3.8, 4) is 5.75 Å². The summed E-state index contributed by atoms with van der Waals surface area (Å²) in [5.41, 5.74) is 1.12. The van der Waals surface area contributed by atoms with Gasteiger partial charge >= 0.3 is 12.0 Å². The minimum absolute atomic E-state index is 0.0552. The van der Waals surface area contributed by atoms with E-state index in [4.69, 9.17) is 20.8 Å². The number of nitrogens with one attached hydrogen (secondary N) is 2. The number of halogens is 1. The minimum atomic E-state index is -1.24. The van der Waals surface area contributed by atoms with Crippen LogP contribution in [0.25, 0.3) is 0 Å². The van der Waals surface area contributed by atoms with Gasteiger partial charge in [0, 0.05) is 17.1 Å². The molecule has 0 spiro atoms. The van der Waals surface area contributed by atoms with Crippen LogP contribution < -0.4 is 15.4 Å². The summed E-state index contributed by atoms with van der Waals surface area (Å²) in [6.45, 7) is 0. The highest BCUT2D eigenvalue weighted by Crippen LogP contribution is 2.24. The van der Waals surface area contributed by atoms with E-state index in [1.165, 1.54) is 0 Å². The SMILES string of the molecule is COc1ccc(CC(NC(=O)Nc2ccc(Cl)cc2)c2ocnc2C(=O)O)cc1. The molecule has 3 aromatic rings. The van der Waals surface area contributed by atoms with E-state index in [2.05, 4.69) is 15.6 Å². The van der Waals surface area contributed by atoms with Gasteiger partial charge in [-0.15, -0.1) is 0 Å². The van der Waals surface area contributed by atoms with E-state index in [9.17, 15) is 14.7 Å². The van der Waals surface area contributed by atoms with E-state index in [1.807, 2.05) is 12.1 Å². The van der Waals surface area contributed by atoms with E-state index in [-0.39, 0.29) is 17.9 Å². The number of methoxy groups -OCH3 is 1. The first kappa shape index (κ1) is 20.2. The van der Waals surface area contributed by atoms with Gasteiger partial charge in [0.2, 0.25) is 0 Å². The summed E-state index contributed by atoms with van der Waals surface area (Å²) in [6.07, 6.45) is 1.33. The molecule has 2 aromatic carbocycles. The summed E-state index contributed by atoms with van der Waals surface area (Å²) in [5, 5.41) is 15.3. The number of aromatic carboxylic acids is 1. The van der Waals surface area contributed by atoms with Crippen molar-refractivity contribution in [2.24, 2.45) is 0 Å². The van der Waals surface area contributed by atoms with Crippen LogP contribution in [0.2, 0.25) is 5.02 Å². The number of urea groups is 1. The molecule has 1 heterocycles. The monoisotopic (exact) mass is 415 g/mol. The quantitative estimate of drug-likeness (QED) is 0.534. The molecule has 0 aliphatic heterocycles. The normalized spacial score (nSPS) is 11.5. The minimum Gasteiger partial charge on any atom is -0.497 e. The lowest BCUT2D eigenvalue weighted by atomic mass is 10.0. The number of amides is 2. The Morgan fingerprint density at radius 2 is 1.86 bits per heavy atom. The van der Waals surface area contributed by atoms with Crippen LogP contribution in [-0.2, 0) is 6.42 Å². The number of carboxylic acids is 1. The number of aromatic nitrogens is 1. The van der Waals surface area contributed by atoms with Gasteiger partial charge in [-0.3, -0.25) is 0 Å². The second-order valence-electron chi connectivity index (χ2n) is 6.08. The molecule has 1 unspecified atom stereocenters. The molecule has 0 saturated carbocycles. The Bertz CT molecular complexity index is 986. The molecule has 150 valence electrons. The van der Waals surface area contributed by atoms with Crippen LogP contribution in [0, 0.1) is 0 Å². The van der Waals surface area contributed by atoms with E-state index in [0.717, 1.165) is 12.0 Å². The van der Waals surface area contributed by atoms with Crippen molar-refractivity contribution in [3.05, 3.63) is 77.0 Å². The molecule has 0 aliphatic rings. The summed E-state index contributed by atoms with van der Waals surface area (Å²) < 4.78 is 10.4. The number of hydrogen-bond donors (Lipinski definition) is 3. The van der Waals surface area contributed by atoms with Crippen LogP contribution in [-0.4, -0.2) is 29.2 Å². The second kappa shape index (κ2) is 9.11. The Morgan fingerprint density at radius 1 is 1.17 bits per heavy atom. The Balaban J connectivity index is 1.81. The molecule has 8 nitrogen and oxygen atoms in total. The van der Waals surface area contributed by atoms with Crippen LogP contribution in [0.15, 0.2) is 59.3 Å². The average Bonchev–Trinajstić information content (AvgIpc) is 3.20. The number of ether oxygens (including phenoxy) is 1. The zero-order valence-electron chi connectivity index (χ0n) is 15.4. The maximum Gasteiger partial charge on any atom is 0.358 e. The van der Waals surface area contributed by atoms with E-state index in [0.29, 0.717) is 16.5 Å². The first-order valence-corrected chi connectivity index (χ1v) is 8.96. The Kier molecular flexibility index (Phi) is 6.36. The zero-order chi connectivity index (χ0) is 20.8. The molecule has 0 bridgehead atoms. The van der Waals surface area contributed by atoms with Gasteiger partial charge in [0.15, 0.2) is 17.8 Å². The Hall–Kier alpha value is -3.52. The summed E-state index contributed by atoms with van der Waals surface area (Å²) in [6, 6.07) is 12.5. The predicted octanol–water partition coefficient (Wildman–Crippen LogP) is 4.14. The lowest BCUT2D eigenvalue weighted by Crippen LogP contribution is -2.34. The predicted molar refractivity (Wildman–Crippen MR) is 107 cm³/mol. The van der Waals surface area contributed by atoms with Crippen molar-refractivity contribution in [3.63, 3.8) is 0 Å². The standard InChI is InChI=1S/C20H18ClN3O5/c1-28-15-8-2-12(3-9-15)10-16(18-17(19(25)26)22-11-29-18)24-20(27)23-14-6-4-13(21)5-7-14/h2-9,11,16H,10H2,1H3,(H,25,26)(H2,23,24,27). The number of hydrogen-bond acceptors (Lipinski definition) is 5. The molecule has 3 N–H and O–H groups in total. The molecule has 29 heavy (non-hydrogen) atoms. The van der Waals surface area contributed by atoms with Crippen molar-refractivity contribution >= 4 is 29.3 Å². The van der Waals surface area contributed by atoms with Gasteiger partial charge in [0.05, 0.1) is 13.2 Å². The molecule has 1 atom stereocenters. The maximum absolute atomic E-state index is 12.5. The average molecular weight is 416 g/mol. The van der Waals surface area contributed by atoms with Gasteiger partial charge in [-0.1, -0.05) is 23.7 Å². The first-order chi connectivity index (χ1) is 14.0. The fourth-order valence-electron chi connectivity index (χ4n) is 2.73. The third kappa shape index (κ3) is 5.26. The van der Waals surface area contributed by atoms with E-state index < -0.39 is 18.0 Å². The van der Waals surface area contributed by atoms with Crippen LogP contribution >= 0.6 is 11.6 Å². The lowest BCUT2D eigenvalue weighted by molar-refractivity contribution is 0.0687. The molecule has 1 aromatic heterocycles. The highest BCUT2D eigenvalue weighted by Gasteiger charge is 2.26. The third-order valence-corrected chi connectivity index (χ3v) is 4.37. The van der Waals surface area contributed by atoms with Crippen molar-refractivity contribution in [2.75, 3.05) is 12.4 Å². The van der Waals surface area contributed by atoms with Gasteiger partial charge in [0.1, 0.15) is 5.75 Å². The fourth-order valence-corrected chi connectivity index (χ4v) is 2.85. The maximum atomic E-state index is 12.5. The molecule has 0 fully saturated rings. The smallest absolute Gasteiger partial charge is 0.358 e. The van der Waals surface area contributed by atoms with Crippen molar-refractivity contribution < 1.29 is 23.8 Å². The molecule has 0 aliphatic carbocycles. The Labute approximate surface area is 171 Å². The molecular formula is C20H18ClN3O5. The number of carbonyl (C=O) groups is 2. The number of carbonyl (C=O) groups excluding carboxylic acids is 1. The molecule has 2 amide bonds. The van der Waals surface area contributed by atoms with Crippen molar-refractivity contribution in [1.29, 1.82) is 0 Å². The molecule has 0 saturated heterocycles. The second-order valence-corrected chi connectivity index (χ2v) is 6.52. The third-order valence-electron chi connectivity index (χ3n) is 4.12. The number of carboxylic acid groups (broad SMARTS) is 1. The van der Waals surface area contributed by atoms with Gasteiger partial charge in [0.25, 0.3) is 0 Å². The summed E-state index contributed by atoms with van der Waals surface area (Å²) in [4.78, 5) is 27.7. The van der Waals surface area contributed by atoms with E-state index >= 15 is 0 Å². The fraction of sp³-hybridized carbons (Fsp3) is 0.150. The number of anilines is 1. The number of nitrogens with zero attached hydrogens (tertiary/aromatic N) is 1. The first-order valence-electron chi connectivity index (χ1n) is 8.59. The Morgan fingerprint density at radius 3 is 2.48 bits per heavy atom. The van der Waals surface area contributed by atoms with Crippen LogP contribution in [0.1, 0.15) is 27.9 Å². The van der Waals surface area contributed by atoms with Crippen molar-refractivity contribution in [1.82, 2.24) is 10.3 Å². The summed E-state index contributed by atoms with van der Waals surface area (Å²) in [7, 11) is 1.56. The number of benzene rings is 2. The molecule has 3 rings (SSSR count). The largest absolute Gasteiger partial charge is 0.497 e. The highest BCUT2D eigenvalue weighted by atomic mass is 35.5. The van der Waals surface area contributed by atoms with Crippen LogP contribution in [0.5, 0.6) is 5.75 Å². The van der Waals surface area contributed by atoms with Crippen LogP contribution in [0.4, 0.5) is 10.5 Å². The number of oxazole rings is 1. The molecule has 0 radical (unpaired) electrons. The van der Waals surface area contributed by atoms with Gasteiger partial charge < -0.3 is 24.9 Å². The van der Waals surface area contributed by atoms with Gasteiger partial charge in [-0.05, 0) is 42.0 Å². The number of rotatable bonds is 7. The lowest BCUT2D eigenvalue weighted by Gasteiger charge is -2.18. The summed E-state index contributed by atoms with van der Waals surface area (Å²) >= 11 is 5.85. The van der Waals surface area contributed by atoms with Gasteiger partial charge in [-0.2, -0.15) is 0 Å². The van der Waals surface area contributed by atoms with Crippen molar-refractivity contribution in [2.45, 2.75) is 12.5 Å². The highest BCUT2D eigenvalue weighted by molar-refractivity contribution is 6.30. The van der Waals surface area contributed by atoms with Gasteiger partial charge in [-0.25, -0.2) is 14.6 Å². The molecule has 9 heteroatoms. The van der Waals surface area contributed by atoms with E-state index in [1.54, 1.807) is 43.5 Å². The molecular weight excluding hydrogens is 398 g/mol. The topological polar surface area (TPSA) is 114 Å².